The van der Waals surface area contributed by atoms with E-state index in [1.165, 1.54) is 22.7 Å². The number of hydrogen-bond acceptors (Lipinski definition) is 9. The van der Waals surface area contributed by atoms with Gasteiger partial charge in [-0.1, -0.05) is 6.92 Å². The van der Waals surface area contributed by atoms with Crippen molar-refractivity contribution in [2.45, 2.75) is 44.4 Å². The molecular weight excluding hydrogens is 570 g/mol. The van der Waals surface area contributed by atoms with Gasteiger partial charge in [0.05, 0.1) is 52.2 Å². The first-order valence-corrected chi connectivity index (χ1v) is 14.7. The summed E-state index contributed by atoms with van der Waals surface area (Å²) >= 11 is 0. The maximum atomic E-state index is 15.4. The number of aromatic nitrogens is 4. The summed E-state index contributed by atoms with van der Waals surface area (Å²) in [6, 6.07) is 7.08. The van der Waals surface area contributed by atoms with Crippen LogP contribution in [0.4, 0.5) is 26.1 Å². The average Bonchev–Trinajstić information content (AvgIpc) is 3.38. The Morgan fingerprint density at radius 3 is 2.57 bits per heavy atom. The summed E-state index contributed by atoms with van der Waals surface area (Å²) < 4.78 is 37.6. The molecule has 0 radical (unpaired) electrons. The van der Waals surface area contributed by atoms with Gasteiger partial charge < -0.3 is 30.7 Å². The van der Waals surface area contributed by atoms with Gasteiger partial charge >= 0.3 is 0 Å². The number of ether oxygens (including phenoxy) is 1. The Kier molecular flexibility index (Phi) is 7.95. The average molecular weight is 607 g/mol. The lowest BCUT2D eigenvalue weighted by atomic mass is 9.85. The molecule has 2 saturated heterocycles. The summed E-state index contributed by atoms with van der Waals surface area (Å²) in [6.45, 7) is 5.43. The normalized spacial score (nSPS) is 21.8. The lowest BCUT2D eigenvalue weighted by molar-refractivity contribution is -0.131. The minimum absolute atomic E-state index is 0.0255. The zero-order chi connectivity index (χ0) is 31.2. The van der Waals surface area contributed by atoms with Gasteiger partial charge in [-0.3, -0.25) is 9.78 Å². The topological polar surface area (TPSA) is 134 Å². The molecule has 3 atom stereocenters. The Hall–Kier alpha value is -4.20. The third kappa shape index (κ3) is 5.46. The molecule has 2 aliphatic rings. The van der Waals surface area contributed by atoms with Gasteiger partial charge in [0.25, 0.3) is 0 Å². The number of carbonyl (C=O) groups is 1. The van der Waals surface area contributed by atoms with E-state index in [0.717, 1.165) is 5.69 Å². The van der Waals surface area contributed by atoms with Crippen molar-refractivity contribution >= 4 is 28.7 Å². The Bertz CT molecular complexity index is 1660. The number of amides is 1. The van der Waals surface area contributed by atoms with Gasteiger partial charge in [-0.2, -0.15) is 9.61 Å². The highest BCUT2D eigenvalue weighted by molar-refractivity contribution is 5.75. The van der Waals surface area contributed by atoms with Crippen molar-refractivity contribution < 1.29 is 23.4 Å². The van der Waals surface area contributed by atoms with Crippen LogP contribution >= 0.6 is 0 Å². The number of anilines is 3. The van der Waals surface area contributed by atoms with Crippen molar-refractivity contribution in [3.05, 3.63) is 66.1 Å². The molecule has 0 saturated carbocycles. The number of benzene rings is 1. The molecular formula is C31H36F2N8O3. The Balaban J connectivity index is 1.29. The number of nitrogens with zero attached hydrogens (tertiary/aromatic N) is 6. The summed E-state index contributed by atoms with van der Waals surface area (Å²) in [5.74, 6) is -1.23. The summed E-state index contributed by atoms with van der Waals surface area (Å²) in [5, 5.41) is 18.8. The van der Waals surface area contributed by atoms with Crippen LogP contribution in [0.1, 0.15) is 32.3 Å². The fourth-order valence-corrected chi connectivity index (χ4v) is 6.46. The number of halogens is 2. The number of nitrogens with two attached hydrogens (primary N) is 1. The van der Waals surface area contributed by atoms with E-state index >= 15 is 8.78 Å². The first-order valence-electron chi connectivity index (χ1n) is 14.7. The lowest BCUT2D eigenvalue weighted by Gasteiger charge is -2.46. The standard InChI is InChI=1S/C31H36F2N8O3/c1-18-16-40(17-24(34)29(18)39(3)19(2)42)27-6-9-35-15-26(27)37-30-36-14-21-4-5-25(38-41(21)30)28-22(32)12-20(13-23(28)33)31(43)7-10-44-11-8-31/h4-6,9,12-15,18,24,29,43H,7-8,10-11,16-17,34H2,1-3H3,(H,36,37)/t18-,24+,29-/m0/s1. The van der Waals surface area contributed by atoms with E-state index in [9.17, 15) is 9.90 Å². The largest absolute Gasteiger partial charge is 0.385 e. The van der Waals surface area contributed by atoms with Crippen LogP contribution in [0.2, 0.25) is 0 Å². The van der Waals surface area contributed by atoms with Crippen LogP contribution in [0.15, 0.2) is 48.9 Å². The molecule has 1 amide bonds. The van der Waals surface area contributed by atoms with E-state index in [2.05, 4.69) is 32.2 Å². The summed E-state index contributed by atoms with van der Waals surface area (Å²) in [5.41, 5.74) is 7.29. The van der Waals surface area contributed by atoms with Crippen molar-refractivity contribution in [2.24, 2.45) is 11.7 Å². The second-order valence-corrected chi connectivity index (χ2v) is 11.8. The quantitative estimate of drug-likeness (QED) is 0.302. The monoisotopic (exact) mass is 606 g/mol. The predicted octanol–water partition coefficient (Wildman–Crippen LogP) is 3.44. The highest BCUT2D eigenvalue weighted by Gasteiger charge is 2.37. The van der Waals surface area contributed by atoms with Crippen LogP contribution in [0.3, 0.4) is 0 Å². The van der Waals surface area contributed by atoms with Gasteiger partial charge in [-0.15, -0.1) is 0 Å². The molecule has 1 aromatic carbocycles. The van der Waals surface area contributed by atoms with E-state index in [-0.39, 0.29) is 53.6 Å². The first kappa shape index (κ1) is 29.9. The molecule has 5 heterocycles. The van der Waals surface area contributed by atoms with Gasteiger partial charge in [0.2, 0.25) is 11.9 Å². The molecule has 4 aromatic rings. The zero-order valence-electron chi connectivity index (χ0n) is 24.9. The Morgan fingerprint density at radius 2 is 1.89 bits per heavy atom. The summed E-state index contributed by atoms with van der Waals surface area (Å²) in [4.78, 5) is 24.7. The molecule has 0 aliphatic carbocycles. The number of piperidine rings is 1. The number of imidazole rings is 1. The van der Waals surface area contributed by atoms with Crippen molar-refractivity contribution in [2.75, 3.05) is 43.6 Å². The molecule has 232 valence electrons. The van der Waals surface area contributed by atoms with Crippen molar-refractivity contribution in [3.8, 4) is 11.3 Å². The van der Waals surface area contributed by atoms with Crippen LogP contribution < -0.4 is 16.0 Å². The van der Waals surface area contributed by atoms with E-state index in [1.54, 1.807) is 43.5 Å². The Morgan fingerprint density at radius 1 is 1.16 bits per heavy atom. The molecule has 4 N–H and O–H groups in total. The molecule has 0 spiro atoms. The van der Waals surface area contributed by atoms with Gasteiger partial charge in [0, 0.05) is 65.4 Å². The summed E-state index contributed by atoms with van der Waals surface area (Å²) in [6.07, 6.45) is 5.48. The third-order valence-electron chi connectivity index (χ3n) is 8.83. The molecule has 0 bridgehead atoms. The van der Waals surface area contributed by atoms with Crippen LogP contribution in [0.5, 0.6) is 0 Å². The number of likely N-dealkylation sites (N-methyl/N-ethyl adjacent to an activating group) is 1. The maximum Gasteiger partial charge on any atom is 0.229 e. The molecule has 11 nitrogen and oxygen atoms in total. The SMILES string of the molecule is CC(=O)N(C)[C@@H]1[C@H](N)CN(c2ccncc2Nc2ncc3ccc(-c4c(F)cc(C5(O)CCOCC5)cc4F)nn23)C[C@@H]1C. The lowest BCUT2D eigenvalue weighted by Crippen LogP contribution is -2.62. The minimum atomic E-state index is -1.35. The smallest absolute Gasteiger partial charge is 0.229 e. The van der Waals surface area contributed by atoms with E-state index in [0.29, 0.717) is 43.5 Å². The highest BCUT2D eigenvalue weighted by atomic mass is 19.1. The molecule has 2 fully saturated rings. The second kappa shape index (κ2) is 11.7. The van der Waals surface area contributed by atoms with Crippen molar-refractivity contribution in [1.82, 2.24) is 24.5 Å². The molecule has 13 heteroatoms. The maximum absolute atomic E-state index is 15.4. The Labute approximate surface area is 253 Å². The summed E-state index contributed by atoms with van der Waals surface area (Å²) in [7, 11) is 1.78. The van der Waals surface area contributed by atoms with Gasteiger partial charge in [-0.05, 0) is 41.8 Å². The molecule has 44 heavy (non-hydrogen) atoms. The van der Waals surface area contributed by atoms with Crippen molar-refractivity contribution in [3.63, 3.8) is 0 Å². The molecule has 0 unspecified atom stereocenters. The van der Waals surface area contributed by atoms with Gasteiger partial charge in [-0.25, -0.2) is 13.8 Å². The number of pyridine rings is 1. The van der Waals surface area contributed by atoms with Crippen LogP contribution in [0.25, 0.3) is 16.8 Å². The van der Waals surface area contributed by atoms with Gasteiger partial charge in [0.1, 0.15) is 11.6 Å². The predicted molar refractivity (Wildman–Crippen MR) is 161 cm³/mol. The number of rotatable bonds is 6. The van der Waals surface area contributed by atoms with Gasteiger partial charge in [0.15, 0.2) is 0 Å². The second-order valence-electron chi connectivity index (χ2n) is 11.8. The number of aliphatic hydroxyl groups is 1. The van der Waals surface area contributed by atoms with Crippen LogP contribution in [-0.4, -0.2) is 80.9 Å². The van der Waals surface area contributed by atoms with Crippen LogP contribution in [0, 0.1) is 17.6 Å². The van der Waals surface area contributed by atoms with Crippen molar-refractivity contribution in [1.29, 1.82) is 0 Å². The minimum Gasteiger partial charge on any atom is -0.385 e. The van der Waals surface area contributed by atoms with Crippen LogP contribution in [-0.2, 0) is 15.1 Å². The number of nitrogens with one attached hydrogen (secondary N) is 1. The number of fused-ring (bicyclic) bond motifs is 1. The van der Waals surface area contributed by atoms with E-state index in [1.807, 2.05) is 6.07 Å². The highest BCUT2D eigenvalue weighted by Crippen LogP contribution is 2.36. The third-order valence-corrected chi connectivity index (χ3v) is 8.83. The number of carbonyl (C=O) groups excluding carboxylic acids is 1. The molecule has 3 aromatic heterocycles. The first-order chi connectivity index (χ1) is 21.1. The number of hydrogen-bond donors (Lipinski definition) is 3. The fraction of sp³-hybridized carbons (Fsp3) is 0.419. The van der Waals surface area contributed by atoms with E-state index in [4.69, 9.17) is 10.5 Å². The van der Waals surface area contributed by atoms with E-state index < -0.39 is 17.2 Å². The fourth-order valence-electron chi connectivity index (χ4n) is 6.46. The molecule has 2 aliphatic heterocycles. The zero-order valence-corrected chi connectivity index (χ0v) is 24.9. The molecule has 6 rings (SSSR count).